The van der Waals surface area contributed by atoms with Crippen LogP contribution in [-0.4, -0.2) is 21.1 Å². The van der Waals surface area contributed by atoms with E-state index in [4.69, 9.17) is 16.3 Å². The Balaban J connectivity index is 1.79. The molecule has 0 saturated heterocycles. The average molecular weight is 342 g/mol. The van der Waals surface area contributed by atoms with E-state index in [0.29, 0.717) is 6.42 Å². The lowest BCUT2D eigenvalue weighted by Crippen LogP contribution is -2.42. The summed E-state index contributed by atoms with van der Waals surface area (Å²) in [5.74, 6) is 0.110. The van der Waals surface area contributed by atoms with Crippen LogP contribution in [0.25, 0.3) is 0 Å². The standard InChI is InChI=1S/C15H13ClFNO3S/c16-13-8-12(5-6-14(13)17)22(19,20)18-11-7-10-3-1-2-4-15(10)21-9-11/h1-6,8,11,18H,7,9H2. The van der Waals surface area contributed by atoms with Crippen molar-refractivity contribution in [2.24, 2.45) is 0 Å². The molecular formula is C15H13ClFNO3S. The zero-order valence-corrected chi connectivity index (χ0v) is 13.0. The molecule has 4 nitrogen and oxygen atoms in total. The van der Waals surface area contributed by atoms with Gasteiger partial charge in [-0.25, -0.2) is 17.5 Å². The van der Waals surface area contributed by atoms with Crippen molar-refractivity contribution in [2.75, 3.05) is 6.61 Å². The largest absolute Gasteiger partial charge is 0.492 e. The van der Waals surface area contributed by atoms with E-state index in [9.17, 15) is 12.8 Å². The number of nitrogens with one attached hydrogen (secondary N) is 1. The lowest BCUT2D eigenvalue weighted by molar-refractivity contribution is 0.254. The molecule has 1 heterocycles. The molecule has 0 aliphatic carbocycles. The second-order valence-electron chi connectivity index (χ2n) is 5.02. The summed E-state index contributed by atoms with van der Waals surface area (Å²) in [4.78, 5) is -0.0715. The summed E-state index contributed by atoms with van der Waals surface area (Å²) < 4.78 is 45.9. The molecule has 22 heavy (non-hydrogen) atoms. The van der Waals surface area contributed by atoms with Crippen LogP contribution in [0.3, 0.4) is 0 Å². The summed E-state index contributed by atoms with van der Waals surface area (Å²) in [5, 5.41) is -0.229. The normalized spacial score (nSPS) is 17.6. The van der Waals surface area contributed by atoms with Crippen molar-refractivity contribution in [3.8, 4) is 5.75 Å². The van der Waals surface area contributed by atoms with Crippen LogP contribution in [0.15, 0.2) is 47.4 Å². The van der Waals surface area contributed by atoms with Gasteiger partial charge in [0.15, 0.2) is 0 Å². The summed E-state index contributed by atoms with van der Waals surface area (Å²) in [5.41, 5.74) is 0.943. The van der Waals surface area contributed by atoms with Crippen LogP contribution in [0.5, 0.6) is 5.75 Å². The minimum Gasteiger partial charge on any atom is -0.492 e. The summed E-state index contributed by atoms with van der Waals surface area (Å²) in [6.07, 6.45) is 0.532. The molecule has 2 aromatic carbocycles. The molecule has 0 saturated carbocycles. The summed E-state index contributed by atoms with van der Waals surface area (Å²) in [7, 11) is -3.78. The van der Waals surface area contributed by atoms with Gasteiger partial charge in [-0.3, -0.25) is 0 Å². The third kappa shape index (κ3) is 3.09. The van der Waals surface area contributed by atoms with Gasteiger partial charge in [0.25, 0.3) is 0 Å². The lowest BCUT2D eigenvalue weighted by atomic mass is 10.0. The van der Waals surface area contributed by atoms with Crippen LogP contribution in [-0.2, 0) is 16.4 Å². The Morgan fingerprint density at radius 1 is 1.23 bits per heavy atom. The Morgan fingerprint density at radius 2 is 2.00 bits per heavy atom. The van der Waals surface area contributed by atoms with Crippen LogP contribution in [0.1, 0.15) is 5.56 Å². The average Bonchev–Trinajstić information content (AvgIpc) is 2.49. The van der Waals surface area contributed by atoms with Crippen molar-refractivity contribution >= 4 is 21.6 Å². The first-order valence-corrected chi connectivity index (χ1v) is 8.50. The number of sulfonamides is 1. The van der Waals surface area contributed by atoms with Crippen LogP contribution in [0.4, 0.5) is 4.39 Å². The number of hydrogen-bond acceptors (Lipinski definition) is 3. The second kappa shape index (κ2) is 5.87. The predicted molar refractivity (Wildman–Crippen MR) is 81.2 cm³/mol. The molecule has 0 amide bonds. The highest BCUT2D eigenvalue weighted by atomic mass is 35.5. The molecular weight excluding hydrogens is 329 g/mol. The van der Waals surface area contributed by atoms with Gasteiger partial charge in [0.2, 0.25) is 10.0 Å². The maximum atomic E-state index is 13.1. The van der Waals surface area contributed by atoms with E-state index in [-0.39, 0.29) is 22.6 Å². The summed E-state index contributed by atoms with van der Waals surface area (Å²) in [6.45, 7) is 0.241. The van der Waals surface area contributed by atoms with E-state index in [2.05, 4.69) is 4.72 Å². The SMILES string of the molecule is O=S(=O)(NC1COc2ccccc2C1)c1ccc(F)c(Cl)c1. The van der Waals surface area contributed by atoms with Crippen molar-refractivity contribution in [3.63, 3.8) is 0 Å². The molecule has 0 fully saturated rings. The first-order valence-electron chi connectivity index (χ1n) is 6.64. The van der Waals surface area contributed by atoms with Gasteiger partial charge in [0.05, 0.1) is 16.0 Å². The van der Waals surface area contributed by atoms with Gasteiger partial charge < -0.3 is 4.74 Å². The summed E-state index contributed by atoms with van der Waals surface area (Å²) in [6, 6.07) is 10.4. The Kier molecular flexibility index (Phi) is 4.08. The number of para-hydroxylation sites is 1. The van der Waals surface area contributed by atoms with Crippen LogP contribution in [0, 0.1) is 5.82 Å². The fourth-order valence-electron chi connectivity index (χ4n) is 2.34. The van der Waals surface area contributed by atoms with Gasteiger partial charge in [0, 0.05) is 0 Å². The number of ether oxygens (including phenoxy) is 1. The second-order valence-corrected chi connectivity index (χ2v) is 7.14. The highest BCUT2D eigenvalue weighted by molar-refractivity contribution is 7.89. The molecule has 1 aliphatic rings. The zero-order chi connectivity index (χ0) is 15.7. The number of rotatable bonds is 3. The minimum absolute atomic E-state index is 0.0715. The zero-order valence-electron chi connectivity index (χ0n) is 11.4. The Hall–Kier alpha value is -1.63. The van der Waals surface area contributed by atoms with Crippen LogP contribution >= 0.6 is 11.6 Å². The first-order chi connectivity index (χ1) is 10.5. The van der Waals surface area contributed by atoms with E-state index in [1.54, 1.807) is 0 Å². The highest BCUT2D eigenvalue weighted by Gasteiger charge is 2.25. The maximum absolute atomic E-state index is 13.1. The predicted octanol–water partition coefficient (Wildman–Crippen LogP) is 2.76. The molecule has 2 aromatic rings. The monoisotopic (exact) mass is 341 g/mol. The fourth-order valence-corrected chi connectivity index (χ4v) is 3.83. The molecule has 0 radical (unpaired) electrons. The van der Waals surface area contributed by atoms with Crippen molar-refractivity contribution < 1.29 is 17.5 Å². The molecule has 1 N–H and O–H groups in total. The van der Waals surface area contributed by atoms with Gasteiger partial charge in [-0.1, -0.05) is 29.8 Å². The number of halogens is 2. The maximum Gasteiger partial charge on any atom is 0.241 e. The van der Waals surface area contributed by atoms with Gasteiger partial charge >= 0.3 is 0 Å². The van der Waals surface area contributed by atoms with Crippen molar-refractivity contribution in [2.45, 2.75) is 17.4 Å². The molecule has 7 heteroatoms. The van der Waals surface area contributed by atoms with Gasteiger partial charge in [-0.15, -0.1) is 0 Å². The van der Waals surface area contributed by atoms with Crippen molar-refractivity contribution in [3.05, 3.63) is 58.9 Å². The third-order valence-electron chi connectivity index (χ3n) is 3.40. The van der Waals surface area contributed by atoms with Gasteiger partial charge in [-0.2, -0.15) is 0 Å². The van der Waals surface area contributed by atoms with E-state index in [1.807, 2.05) is 24.3 Å². The van der Waals surface area contributed by atoms with E-state index >= 15 is 0 Å². The molecule has 1 aliphatic heterocycles. The van der Waals surface area contributed by atoms with E-state index < -0.39 is 15.8 Å². The molecule has 0 spiro atoms. The van der Waals surface area contributed by atoms with E-state index in [1.165, 1.54) is 6.07 Å². The Morgan fingerprint density at radius 3 is 2.77 bits per heavy atom. The highest BCUT2D eigenvalue weighted by Crippen LogP contribution is 2.25. The van der Waals surface area contributed by atoms with Gasteiger partial charge in [0.1, 0.15) is 18.2 Å². The molecule has 1 atom stereocenters. The topological polar surface area (TPSA) is 55.4 Å². The molecule has 116 valence electrons. The molecule has 0 aromatic heterocycles. The summed E-state index contributed by atoms with van der Waals surface area (Å²) >= 11 is 5.64. The first kappa shape index (κ1) is 15.3. The van der Waals surface area contributed by atoms with Gasteiger partial charge in [-0.05, 0) is 36.2 Å². The number of hydrogen-bond donors (Lipinski definition) is 1. The lowest BCUT2D eigenvalue weighted by Gasteiger charge is -2.25. The Bertz CT molecular complexity index is 810. The molecule has 3 rings (SSSR count). The minimum atomic E-state index is -3.78. The Labute approximate surface area is 132 Å². The number of fused-ring (bicyclic) bond motifs is 1. The van der Waals surface area contributed by atoms with Crippen molar-refractivity contribution in [1.29, 1.82) is 0 Å². The quantitative estimate of drug-likeness (QED) is 0.934. The van der Waals surface area contributed by atoms with E-state index in [0.717, 1.165) is 23.4 Å². The fraction of sp³-hybridized carbons (Fsp3) is 0.200. The van der Waals surface area contributed by atoms with Crippen LogP contribution in [0.2, 0.25) is 5.02 Å². The molecule has 0 bridgehead atoms. The number of benzene rings is 2. The van der Waals surface area contributed by atoms with Crippen molar-refractivity contribution in [1.82, 2.24) is 4.72 Å². The molecule has 1 unspecified atom stereocenters. The van der Waals surface area contributed by atoms with Crippen LogP contribution < -0.4 is 9.46 Å². The third-order valence-corrected chi connectivity index (χ3v) is 5.21. The smallest absolute Gasteiger partial charge is 0.241 e.